The number of hydrogen-bond donors (Lipinski definition) is 2. The van der Waals surface area contributed by atoms with E-state index < -0.39 is 5.60 Å². The van der Waals surface area contributed by atoms with Crippen LogP contribution in [-0.2, 0) is 4.79 Å². The maximum atomic E-state index is 11.5. The SMILES string of the molecule is CCCCNC(=O)CN(CC)CC(C)(C)O. The number of aliphatic hydroxyl groups is 1. The molecule has 0 spiro atoms. The summed E-state index contributed by atoms with van der Waals surface area (Å²) < 4.78 is 0. The fraction of sp³-hybridized carbons (Fsp3) is 0.917. The third kappa shape index (κ3) is 8.68. The van der Waals surface area contributed by atoms with Crippen LogP contribution in [0.5, 0.6) is 0 Å². The van der Waals surface area contributed by atoms with Crippen LogP contribution in [0.4, 0.5) is 0 Å². The lowest BCUT2D eigenvalue weighted by molar-refractivity contribution is -0.122. The van der Waals surface area contributed by atoms with Crippen LogP contribution in [0.1, 0.15) is 40.5 Å². The zero-order chi connectivity index (χ0) is 12.6. The molecule has 4 heteroatoms. The molecule has 0 bridgehead atoms. The van der Waals surface area contributed by atoms with Crippen molar-refractivity contribution in [2.45, 2.75) is 46.1 Å². The van der Waals surface area contributed by atoms with Gasteiger partial charge in [-0.1, -0.05) is 20.3 Å². The number of rotatable bonds is 8. The summed E-state index contributed by atoms with van der Waals surface area (Å²) in [5.74, 6) is 0.0413. The van der Waals surface area contributed by atoms with Crippen molar-refractivity contribution in [3.63, 3.8) is 0 Å². The molecule has 1 amide bonds. The Morgan fingerprint density at radius 3 is 2.44 bits per heavy atom. The van der Waals surface area contributed by atoms with Crippen LogP contribution in [0.15, 0.2) is 0 Å². The van der Waals surface area contributed by atoms with Crippen LogP contribution in [0.3, 0.4) is 0 Å². The van der Waals surface area contributed by atoms with Gasteiger partial charge in [0.25, 0.3) is 0 Å². The summed E-state index contributed by atoms with van der Waals surface area (Å²) in [5, 5.41) is 12.5. The lowest BCUT2D eigenvalue weighted by Gasteiger charge is -2.27. The van der Waals surface area contributed by atoms with Gasteiger partial charge >= 0.3 is 0 Å². The van der Waals surface area contributed by atoms with E-state index in [2.05, 4.69) is 12.2 Å². The highest BCUT2D eigenvalue weighted by atomic mass is 16.3. The molecule has 16 heavy (non-hydrogen) atoms. The average molecular weight is 230 g/mol. The first kappa shape index (κ1) is 15.4. The molecule has 0 aliphatic rings. The Morgan fingerprint density at radius 2 is 2.00 bits per heavy atom. The molecule has 0 heterocycles. The molecule has 96 valence electrons. The highest BCUT2D eigenvalue weighted by molar-refractivity contribution is 5.77. The minimum absolute atomic E-state index is 0.0413. The fourth-order valence-corrected chi connectivity index (χ4v) is 1.49. The van der Waals surface area contributed by atoms with E-state index in [4.69, 9.17) is 0 Å². The zero-order valence-corrected chi connectivity index (χ0v) is 11.0. The largest absolute Gasteiger partial charge is 0.389 e. The topological polar surface area (TPSA) is 52.6 Å². The number of amides is 1. The summed E-state index contributed by atoms with van der Waals surface area (Å²) in [7, 11) is 0. The lowest BCUT2D eigenvalue weighted by atomic mass is 10.1. The molecule has 2 N–H and O–H groups in total. The molecule has 0 rings (SSSR count). The molecule has 0 atom stereocenters. The Hall–Kier alpha value is -0.610. The molecular formula is C12H26N2O2. The Balaban J connectivity index is 3.88. The highest BCUT2D eigenvalue weighted by Gasteiger charge is 2.18. The summed E-state index contributed by atoms with van der Waals surface area (Å²) in [5.41, 5.74) is -0.750. The summed E-state index contributed by atoms with van der Waals surface area (Å²) >= 11 is 0. The Bertz CT molecular complexity index is 200. The van der Waals surface area contributed by atoms with Crippen molar-refractivity contribution < 1.29 is 9.90 Å². The van der Waals surface area contributed by atoms with Crippen molar-refractivity contribution in [3.05, 3.63) is 0 Å². The van der Waals surface area contributed by atoms with E-state index in [1.165, 1.54) is 0 Å². The first-order valence-electron chi connectivity index (χ1n) is 6.10. The van der Waals surface area contributed by atoms with E-state index in [1.807, 2.05) is 11.8 Å². The van der Waals surface area contributed by atoms with Crippen LogP contribution in [0.2, 0.25) is 0 Å². The molecule has 0 aliphatic carbocycles. The van der Waals surface area contributed by atoms with Crippen LogP contribution in [0.25, 0.3) is 0 Å². The zero-order valence-electron chi connectivity index (χ0n) is 11.0. The normalized spacial score (nSPS) is 11.9. The van der Waals surface area contributed by atoms with Gasteiger partial charge in [-0.3, -0.25) is 9.69 Å². The second kappa shape index (κ2) is 7.63. The molecule has 0 aromatic carbocycles. The summed E-state index contributed by atoms with van der Waals surface area (Å²) in [4.78, 5) is 13.5. The van der Waals surface area contributed by atoms with E-state index in [1.54, 1.807) is 13.8 Å². The van der Waals surface area contributed by atoms with Gasteiger partial charge in [0, 0.05) is 13.1 Å². The molecule has 0 saturated carbocycles. The minimum atomic E-state index is -0.750. The van der Waals surface area contributed by atoms with E-state index in [0.29, 0.717) is 13.1 Å². The van der Waals surface area contributed by atoms with Crippen LogP contribution in [0, 0.1) is 0 Å². The summed E-state index contributed by atoms with van der Waals surface area (Å²) in [6.07, 6.45) is 2.10. The molecule has 0 radical (unpaired) electrons. The number of carbonyl (C=O) groups is 1. The third-order valence-corrected chi connectivity index (χ3v) is 2.28. The van der Waals surface area contributed by atoms with E-state index in [9.17, 15) is 9.90 Å². The number of nitrogens with zero attached hydrogens (tertiary/aromatic N) is 1. The van der Waals surface area contributed by atoms with Crippen molar-refractivity contribution in [1.82, 2.24) is 10.2 Å². The van der Waals surface area contributed by atoms with Gasteiger partial charge in [-0.2, -0.15) is 0 Å². The van der Waals surface area contributed by atoms with Crippen molar-refractivity contribution in [2.75, 3.05) is 26.2 Å². The molecule has 4 nitrogen and oxygen atoms in total. The van der Waals surface area contributed by atoms with Crippen LogP contribution >= 0.6 is 0 Å². The number of nitrogens with one attached hydrogen (secondary N) is 1. The summed E-state index contributed by atoms with van der Waals surface area (Å²) in [6, 6.07) is 0. The van der Waals surface area contributed by atoms with Crippen molar-refractivity contribution in [3.8, 4) is 0 Å². The van der Waals surface area contributed by atoms with Gasteiger partial charge in [0.15, 0.2) is 0 Å². The second-order valence-corrected chi connectivity index (χ2v) is 4.82. The summed E-state index contributed by atoms with van der Waals surface area (Å²) in [6.45, 7) is 9.99. The average Bonchev–Trinajstić information content (AvgIpc) is 2.15. The smallest absolute Gasteiger partial charge is 0.234 e. The van der Waals surface area contributed by atoms with E-state index >= 15 is 0 Å². The molecule has 0 aromatic heterocycles. The maximum Gasteiger partial charge on any atom is 0.234 e. The van der Waals surface area contributed by atoms with Gasteiger partial charge in [0.05, 0.1) is 12.1 Å². The lowest BCUT2D eigenvalue weighted by Crippen LogP contribution is -2.44. The Morgan fingerprint density at radius 1 is 1.38 bits per heavy atom. The van der Waals surface area contributed by atoms with Gasteiger partial charge in [0.1, 0.15) is 0 Å². The quantitative estimate of drug-likeness (QED) is 0.612. The van der Waals surface area contributed by atoms with Crippen molar-refractivity contribution in [1.29, 1.82) is 0 Å². The molecule has 0 aliphatic heterocycles. The third-order valence-electron chi connectivity index (χ3n) is 2.28. The predicted octanol–water partition coefficient (Wildman–Crippen LogP) is 0.995. The Labute approximate surface area is 99.0 Å². The van der Waals surface area contributed by atoms with E-state index in [-0.39, 0.29) is 5.91 Å². The fourth-order valence-electron chi connectivity index (χ4n) is 1.49. The minimum Gasteiger partial charge on any atom is -0.389 e. The second-order valence-electron chi connectivity index (χ2n) is 4.82. The maximum absolute atomic E-state index is 11.5. The van der Waals surface area contributed by atoms with Crippen molar-refractivity contribution in [2.24, 2.45) is 0 Å². The van der Waals surface area contributed by atoms with Gasteiger partial charge in [-0.05, 0) is 26.8 Å². The number of likely N-dealkylation sites (N-methyl/N-ethyl adjacent to an activating group) is 1. The number of hydrogen-bond acceptors (Lipinski definition) is 3. The first-order valence-corrected chi connectivity index (χ1v) is 6.10. The molecule has 0 aromatic rings. The molecule has 0 saturated heterocycles. The highest BCUT2D eigenvalue weighted by Crippen LogP contribution is 2.04. The van der Waals surface area contributed by atoms with Gasteiger partial charge < -0.3 is 10.4 Å². The van der Waals surface area contributed by atoms with Gasteiger partial charge in [-0.25, -0.2) is 0 Å². The Kier molecular flexibility index (Phi) is 7.34. The number of carbonyl (C=O) groups excluding carboxylic acids is 1. The van der Waals surface area contributed by atoms with Gasteiger partial charge in [-0.15, -0.1) is 0 Å². The van der Waals surface area contributed by atoms with E-state index in [0.717, 1.165) is 25.9 Å². The van der Waals surface area contributed by atoms with Crippen LogP contribution in [-0.4, -0.2) is 47.7 Å². The first-order chi connectivity index (χ1) is 7.39. The van der Waals surface area contributed by atoms with Crippen LogP contribution < -0.4 is 5.32 Å². The molecule has 0 unspecified atom stereocenters. The molecule has 0 fully saturated rings. The van der Waals surface area contributed by atoms with Crippen molar-refractivity contribution >= 4 is 5.91 Å². The number of unbranched alkanes of at least 4 members (excludes halogenated alkanes) is 1. The van der Waals surface area contributed by atoms with Gasteiger partial charge in [0.2, 0.25) is 5.91 Å². The predicted molar refractivity (Wildman–Crippen MR) is 66.3 cm³/mol. The molecular weight excluding hydrogens is 204 g/mol. The standard InChI is InChI=1S/C12H26N2O2/c1-5-7-8-13-11(15)9-14(6-2)10-12(3,4)16/h16H,5-10H2,1-4H3,(H,13,15). The monoisotopic (exact) mass is 230 g/mol.